The minimum Gasteiger partial charge on any atom is -0.484 e. The minimum atomic E-state index is -2.96. The smallest absolute Gasteiger partial charge is 0.387 e. The summed E-state index contributed by atoms with van der Waals surface area (Å²) in [5.74, 6) is -0.0790. The number of ketones is 1. The number of allylic oxidation sites excluding steroid dienone is 1. The number of nitrogens with zero attached hydrogens (tertiary/aromatic N) is 1. The van der Waals surface area contributed by atoms with E-state index in [-0.39, 0.29) is 24.0 Å². The summed E-state index contributed by atoms with van der Waals surface area (Å²) in [4.78, 5) is 25.2. The average molecular weight is 454 g/mol. The lowest BCUT2D eigenvalue weighted by atomic mass is 10.1. The quantitative estimate of drug-likeness (QED) is 0.438. The first-order chi connectivity index (χ1) is 13.3. The number of alkyl halides is 2. The van der Waals surface area contributed by atoms with Crippen LogP contribution in [0.25, 0.3) is 6.08 Å². The van der Waals surface area contributed by atoms with Crippen molar-refractivity contribution in [2.24, 2.45) is 0 Å². The van der Waals surface area contributed by atoms with Crippen LogP contribution in [0.5, 0.6) is 11.5 Å². The summed E-state index contributed by atoms with van der Waals surface area (Å²) in [6.45, 7) is -3.06. The third-order valence-electron chi connectivity index (χ3n) is 3.60. The van der Waals surface area contributed by atoms with Crippen LogP contribution in [0, 0.1) is 0 Å². The first kappa shape index (κ1) is 21.6. The van der Waals surface area contributed by atoms with Crippen LogP contribution in [0.1, 0.15) is 15.9 Å². The Morgan fingerprint density at radius 1 is 1.14 bits per heavy atom. The van der Waals surface area contributed by atoms with Crippen molar-refractivity contribution in [1.82, 2.24) is 4.90 Å². The molecule has 0 saturated carbocycles. The molecule has 0 atom stereocenters. The van der Waals surface area contributed by atoms with Gasteiger partial charge in [-0.05, 0) is 54.6 Å². The molecular formula is C20H18BrF2NO4. The standard InChI is InChI=1S/C20H18BrF2NO4/c1-24(2)19(26)12-27-16-7-3-13(4-8-16)17(25)9-5-14-11-15(21)6-10-18(14)28-20(22)23/h3-11,20H,12H2,1-2H3. The van der Waals surface area contributed by atoms with Crippen molar-refractivity contribution >= 4 is 33.7 Å². The molecule has 28 heavy (non-hydrogen) atoms. The summed E-state index contributed by atoms with van der Waals surface area (Å²) in [6, 6.07) is 10.8. The zero-order valence-electron chi connectivity index (χ0n) is 15.2. The number of likely N-dealkylation sites (N-methyl/N-ethyl adjacent to an activating group) is 1. The number of hydrogen-bond acceptors (Lipinski definition) is 4. The van der Waals surface area contributed by atoms with E-state index in [1.54, 1.807) is 50.5 Å². The van der Waals surface area contributed by atoms with Crippen molar-refractivity contribution < 1.29 is 27.8 Å². The van der Waals surface area contributed by atoms with Gasteiger partial charge in [0.15, 0.2) is 12.4 Å². The highest BCUT2D eigenvalue weighted by molar-refractivity contribution is 9.10. The predicted molar refractivity (Wildman–Crippen MR) is 105 cm³/mol. The fourth-order valence-corrected chi connectivity index (χ4v) is 2.48. The molecule has 2 aromatic rings. The SMILES string of the molecule is CN(C)C(=O)COc1ccc(C(=O)C=Cc2cc(Br)ccc2OC(F)F)cc1. The topological polar surface area (TPSA) is 55.8 Å². The Bertz CT molecular complexity index is 867. The van der Waals surface area contributed by atoms with Crippen molar-refractivity contribution in [3.05, 3.63) is 64.1 Å². The molecule has 2 aromatic carbocycles. The van der Waals surface area contributed by atoms with Gasteiger partial charge in [-0.25, -0.2) is 0 Å². The van der Waals surface area contributed by atoms with Crippen LogP contribution in [0.15, 0.2) is 53.0 Å². The van der Waals surface area contributed by atoms with E-state index in [1.807, 2.05) is 0 Å². The lowest BCUT2D eigenvalue weighted by Crippen LogP contribution is -2.27. The van der Waals surface area contributed by atoms with Gasteiger partial charge in [0.1, 0.15) is 11.5 Å². The first-order valence-corrected chi connectivity index (χ1v) is 8.95. The molecule has 0 saturated heterocycles. The van der Waals surface area contributed by atoms with Gasteiger partial charge in [-0.2, -0.15) is 8.78 Å². The fraction of sp³-hybridized carbons (Fsp3) is 0.200. The van der Waals surface area contributed by atoms with E-state index < -0.39 is 6.61 Å². The summed E-state index contributed by atoms with van der Waals surface area (Å²) in [5.41, 5.74) is 0.721. The molecule has 0 fully saturated rings. The number of carbonyl (C=O) groups is 2. The van der Waals surface area contributed by atoms with Crippen LogP contribution in [0.2, 0.25) is 0 Å². The molecule has 0 bridgehead atoms. The van der Waals surface area contributed by atoms with Gasteiger partial charge >= 0.3 is 6.61 Å². The molecule has 1 amide bonds. The normalized spacial score (nSPS) is 10.9. The van der Waals surface area contributed by atoms with E-state index in [0.29, 0.717) is 21.3 Å². The highest BCUT2D eigenvalue weighted by Gasteiger charge is 2.10. The summed E-state index contributed by atoms with van der Waals surface area (Å²) in [7, 11) is 3.26. The molecule has 0 N–H and O–H groups in total. The van der Waals surface area contributed by atoms with E-state index >= 15 is 0 Å². The number of halogens is 3. The summed E-state index contributed by atoms with van der Waals surface area (Å²) >= 11 is 3.25. The number of benzene rings is 2. The van der Waals surface area contributed by atoms with E-state index in [0.717, 1.165) is 0 Å². The van der Waals surface area contributed by atoms with Gasteiger partial charge in [-0.15, -0.1) is 0 Å². The molecule has 0 aromatic heterocycles. The molecule has 8 heteroatoms. The predicted octanol–water partition coefficient (Wildman–Crippen LogP) is 4.41. The fourth-order valence-electron chi connectivity index (χ4n) is 2.10. The van der Waals surface area contributed by atoms with Crippen molar-refractivity contribution in [1.29, 1.82) is 0 Å². The number of hydrogen-bond donors (Lipinski definition) is 0. The van der Waals surface area contributed by atoms with Crippen LogP contribution in [-0.4, -0.2) is 43.9 Å². The van der Waals surface area contributed by atoms with Crippen molar-refractivity contribution in [2.45, 2.75) is 6.61 Å². The third-order valence-corrected chi connectivity index (χ3v) is 4.10. The van der Waals surface area contributed by atoms with E-state index in [4.69, 9.17) is 4.74 Å². The van der Waals surface area contributed by atoms with Crippen molar-refractivity contribution in [3.63, 3.8) is 0 Å². The Hall–Kier alpha value is -2.74. The molecular weight excluding hydrogens is 436 g/mol. The second-order valence-corrected chi connectivity index (χ2v) is 6.78. The van der Waals surface area contributed by atoms with E-state index in [2.05, 4.69) is 20.7 Å². The molecule has 0 spiro atoms. The zero-order valence-corrected chi connectivity index (χ0v) is 16.8. The van der Waals surface area contributed by atoms with Gasteiger partial charge in [0, 0.05) is 29.7 Å². The summed E-state index contributed by atoms with van der Waals surface area (Å²) in [5, 5.41) is 0. The summed E-state index contributed by atoms with van der Waals surface area (Å²) in [6.07, 6.45) is 2.68. The summed E-state index contributed by atoms with van der Waals surface area (Å²) < 4.78 is 35.5. The van der Waals surface area contributed by atoms with Crippen molar-refractivity contribution in [2.75, 3.05) is 20.7 Å². The Labute approximate surface area is 169 Å². The Balaban J connectivity index is 2.07. The number of rotatable bonds is 8. The van der Waals surface area contributed by atoms with Gasteiger partial charge in [-0.3, -0.25) is 9.59 Å². The Kier molecular flexibility index (Phi) is 7.69. The zero-order chi connectivity index (χ0) is 20.7. The van der Waals surface area contributed by atoms with Crippen LogP contribution in [0.3, 0.4) is 0 Å². The maximum atomic E-state index is 12.5. The average Bonchev–Trinajstić information content (AvgIpc) is 2.65. The van der Waals surface area contributed by atoms with E-state index in [9.17, 15) is 18.4 Å². The minimum absolute atomic E-state index is 0.0310. The lowest BCUT2D eigenvalue weighted by Gasteiger charge is -2.11. The Morgan fingerprint density at radius 2 is 1.82 bits per heavy atom. The van der Waals surface area contributed by atoms with Crippen LogP contribution < -0.4 is 9.47 Å². The molecule has 2 rings (SSSR count). The van der Waals surface area contributed by atoms with Gasteiger partial charge in [0.25, 0.3) is 5.91 Å². The largest absolute Gasteiger partial charge is 0.484 e. The maximum Gasteiger partial charge on any atom is 0.387 e. The van der Waals surface area contributed by atoms with E-state index in [1.165, 1.54) is 23.1 Å². The monoisotopic (exact) mass is 453 g/mol. The highest BCUT2D eigenvalue weighted by atomic mass is 79.9. The van der Waals surface area contributed by atoms with Gasteiger partial charge < -0.3 is 14.4 Å². The molecule has 0 radical (unpaired) electrons. The maximum absolute atomic E-state index is 12.5. The molecule has 0 heterocycles. The molecule has 0 aliphatic carbocycles. The number of amides is 1. The van der Waals surface area contributed by atoms with Gasteiger partial charge in [0.2, 0.25) is 0 Å². The first-order valence-electron chi connectivity index (χ1n) is 8.16. The third kappa shape index (κ3) is 6.45. The molecule has 5 nitrogen and oxygen atoms in total. The number of ether oxygens (including phenoxy) is 2. The molecule has 0 unspecified atom stereocenters. The molecule has 148 valence electrons. The van der Waals surface area contributed by atoms with Crippen LogP contribution in [-0.2, 0) is 4.79 Å². The molecule has 0 aliphatic rings. The van der Waals surface area contributed by atoms with Crippen molar-refractivity contribution in [3.8, 4) is 11.5 Å². The second-order valence-electron chi connectivity index (χ2n) is 5.86. The lowest BCUT2D eigenvalue weighted by molar-refractivity contribution is -0.130. The highest BCUT2D eigenvalue weighted by Crippen LogP contribution is 2.26. The Morgan fingerprint density at radius 3 is 2.43 bits per heavy atom. The second kappa shape index (κ2) is 9.98. The number of carbonyl (C=O) groups excluding carboxylic acids is 2. The molecule has 0 aliphatic heterocycles. The van der Waals surface area contributed by atoms with Crippen LogP contribution in [0.4, 0.5) is 8.78 Å². The van der Waals surface area contributed by atoms with Crippen LogP contribution >= 0.6 is 15.9 Å². The van der Waals surface area contributed by atoms with Gasteiger partial charge in [0.05, 0.1) is 0 Å². The van der Waals surface area contributed by atoms with Gasteiger partial charge in [-0.1, -0.05) is 15.9 Å².